The molecule has 0 aliphatic rings. The van der Waals surface area contributed by atoms with Gasteiger partial charge < -0.3 is 0 Å². The maximum atomic E-state index is 4.57. The summed E-state index contributed by atoms with van der Waals surface area (Å²) in [5.41, 5.74) is 4.47. The van der Waals surface area contributed by atoms with Crippen molar-refractivity contribution < 1.29 is 0 Å². The molecular weight excluding hydrogens is 326 g/mol. The van der Waals surface area contributed by atoms with Crippen molar-refractivity contribution in [3.63, 3.8) is 0 Å². The first-order valence-corrected chi connectivity index (χ1v) is 9.24. The number of thiophene rings is 1. The molecule has 0 radical (unpaired) electrons. The summed E-state index contributed by atoms with van der Waals surface area (Å²) in [5, 5.41) is 5.81. The second-order valence-corrected chi connectivity index (χ2v) is 7.01. The van der Waals surface area contributed by atoms with Crippen molar-refractivity contribution in [3.05, 3.63) is 95.3 Å². The number of nitrogens with one attached hydrogen (secondary N) is 1. The molecule has 0 saturated heterocycles. The normalized spacial score (nSPS) is 13.6. The van der Waals surface area contributed by atoms with Gasteiger partial charge in [-0.3, -0.25) is 15.3 Å². The van der Waals surface area contributed by atoms with Crippen molar-refractivity contribution in [2.45, 2.75) is 19.0 Å². The van der Waals surface area contributed by atoms with Crippen molar-refractivity contribution in [3.8, 4) is 0 Å². The van der Waals surface area contributed by atoms with Crippen molar-refractivity contribution in [2.24, 2.45) is 0 Å². The average Bonchev–Trinajstić information content (AvgIpc) is 3.15. The van der Waals surface area contributed by atoms with E-state index in [1.165, 1.54) is 15.8 Å². The molecule has 0 fully saturated rings. The predicted octanol–water partition coefficient (Wildman–Crippen LogP) is 5.13. The Bertz CT molecular complexity index is 911. The van der Waals surface area contributed by atoms with Gasteiger partial charge in [0.05, 0.1) is 22.0 Å². The Balaban J connectivity index is 1.65. The van der Waals surface area contributed by atoms with Gasteiger partial charge in [-0.05, 0) is 47.7 Å². The SMILES string of the molecule is C[C@@H](N[C@H](c1ccccc1)c1ccccn1)c1cnc2ccsc2c1. The van der Waals surface area contributed by atoms with E-state index in [1.54, 1.807) is 11.3 Å². The van der Waals surface area contributed by atoms with Gasteiger partial charge in [-0.15, -0.1) is 11.3 Å². The Labute approximate surface area is 151 Å². The van der Waals surface area contributed by atoms with Crippen LogP contribution in [0.2, 0.25) is 0 Å². The summed E-state index contributed by atoms with van der Waals surface area (Å²) in [5.74, 6) is 0. The minimum Gasteiger partial charge on any atom is -0.298 e. The molecule has 0 amide bonds. The highest BCUT2D eigenvalue weighted by atomic mass is 32.1. The average molecular weight is 345 g/mol. The Morgan fingerprint density at radius 2 is 1.76 bits per heavy atom. The molecule has 3 aromatic heterocycles. The van der Waals surface area contributed by atoms with Gasteiger partial charge >= 0.3 is 0 Å². The van der Waals surface area contributed by atoms with Crippen molar-refractivity contribution in [1.29, 1.82) is 0 Å². The Kier molecular flexibility index (Phi) is 4.55. The highest BCUT2D eigenvalue weighted by Crippen LogP contribution is 2.27. The number of hydrogen-bond donors (Lipinski definition) is 1. The molecule has 0 bridgehead atoms. The third-order valence-corrected chi connectivity index (χ3v) is 5.21. The molecule has 4 rings (SSSR count). The van der Waals surface area contributed by atoms with Gasteiger partial charge in [0.2, 0.25) is 0 Å². The largest absolute Gasteiger partial charge is 0.298 e. The van der Waals surface area contributed by atoms with Crippen LogP contribution < -0.4 is 5.32 Å². The highest BCUT2D eigenvalue weighted by molar-refractivity contribution is 7.17. The van der Waals surface area contributed by atoms with E-state index in [9.17, 15) is 0 Å². The number of benzene rings is 1. The van der Waals surface area contributed by atoms with Crippen LogP contribution in [0.25, 0.3) is 10.2 Å². The minimum absolute atomic E-state index is 0.0384. The molecule has 0 aliphatic carbocycles. The summed E-state index contributed by atoms with van der Waals surface area (Å²) >= 11 is 1.73. The van der Waals surface area contributed by atoms with Gasteiger partial charge in [-0.25, -0.2) is 0 Å². The summed E-state index contributed by atoms with van der Waals surface area (Å²) < 4.78 is 1.22. The van der Waals surface area contributed by atoms with Gasteiger partial charge in [0.25, 0.3) is 0 Å². The maximum Gasteiger partial charge on any atom is 0.0809 e. The highest BCUT2D eigenvalue weighted by Gasteiger charge is 2.18. The van der Waals surface area contributed by atoms with Gasteiger partial charge in [0, 0.05) is 18.4 Å². The third-order valence-electron chi connectivity index (χ3n) is 4.36. The molecule has 0 unspecified atom stereocenters. The van der Waals surface area contributed by atoms with Crippen LogP contribution in [0.3, 0.4) is 0 Å². The van der Waals surface area contributed by atoms with E-state index in [-0.39, 0.29) is 12.1 Å². The molecule has 0 spiro atoms. The Morgan fingerprint density at radius 1 is 0.920 bits per heavy atom. The predicted molar refractivity (Wildman–Crippen MR) is 104 cm³/mol. The lowest BCUT2D eigenvalue weighted by Gasteiger charge is -2.23. The van der Waals surface area contributed by atoms with E-state index in [0.717, 1.165) is 11.2 Å². The van der Waals surface area contributed by atoms with Crippen LogP contribution in [0.1, 0.15) is 35.8 Å². The van der Waals surface area contributed by atoms with Crippen molar-refractivity contribution in [1.82, 2.24) is 15.3 Å². The molecule has 0 saturated carbocycles. The smallest absolute Gasteiger partial charge is 0.0809 e. The van der Waals surface area contributed by atoms with Gasteiger partial charge in [0.15, 0.2) is 0 Å². The van der Waals surface area contributed by atoms with E-state index in [0.29, 0.717) is 0 Å². The first-order chi connectivity index (χ1) is 12.3. The van der Waals surface area contributed by atoms with E-state index in [1.807, 2.05) is 30.6 Å². The van der Waals surface area contributed by atoms with Crippen LogP contribution in [0.4, 0.5) is 0 Å². The molecule has 4 aromatic rings. The molecule has 1 aromatic carbocycles. The monoisotopic (exact) mass is 345 g/mol. The van der Waals surface area contributed by atoms with Crippen LogP contribution >= 0.6 is 11.3 Å². The number of hydrogen-bond acceptors (Lipinski definition) is 4. The first-order valence-electron chi connectivity index (χ1n) is 8.36. The van der Waals surface area contributed by atoms with Gasteiger partial charge in [-0.2, -0.15) is 0 Å². The summed E-state index contributed by atoms with van der Waals surface area (Å²) in [6.07, 6.45) is 3.81. The lowest BCUT2D eigenvalue weighted by atomic mass is 10.0. The fraction of sp³-hybridized carbons (Fsp3) is 0.143. The van der Waals surface area contributed by atoms with E-state index < -0.39 is 0 Å². The number of nitrogens with zero attached hydrogens (tertiary/aromatic N) is 2. The maximum absolute atomic E-state index is 4.57. The summed E-state index contributed by atoms with van der Waals surface area (Å²) in [7, 11) is 0. The standard InChI is InChI=1S/C21H19N3S/c1-15(17-13-20-18(23-14-17)10-12-25-20)24-21(16-7-3-2-4-8-16)19-9-5-6-11-22-19/h2-15,21,24H,1H3/t15-,21-/m1/s1. The Morgan fingerprint density at radius 3 is 2.56 bits per heavy atom. The zero-order valence-electron chi connectivity index (χ0n) is 14.0. The number of aromatic nitrogens is 2. The lowest BCUT2D eigenvalue weighted by molar-refractivity contribution is 0.508. The number of fused-ring (bicyclic) bond motifs is 1. The van der Waals surface area contributed by atoms with Gasteiger partial charge in [0.1, 0.15) is 0 Å². The van der Waals surface area contributed by atoms with Crippen LogP contribution in [0.5, 0.6) is 0 Å². The van der Waals surface area contributed by atoms with Crippen LogP contribution in [0.15, 0.2) is 78.4 Å². The van der Waals surface area contributed by atoms with E-state index in [4.69, 9.17) is 0 Å². The molecule has 3 heterocycles. The summed E-state index contributed by atoms with van der Waals surface area (Å²) in [6.45, 7) is 2.18. The van der Waals surface area contributed by atoms with Crippen LogP contribution in [-0.2, 0) is 0 Å². The summed E-state index contributed by atoms with van der Waals surface area (Å²) in [4.78, 5) is 9.14. The second-order valence-electron chi connectivity index (χ2n) is 6.06. The first kappa shape index (κ1) is 15.9. The number of pyridine rings is 2. The second kappa shape index (κ2) is 7.13. The fourth-order valence-corrected chi connectivity index (χ4v) is 3.78. The molecule has 0 aliphatic heterocycles. The molecule has 25 heavy (non-hydrogen) atoms. The third kappa shape index (κ3) is 3.45. The molecule has 2 atom stereocenters. The molecular formula is C21H19N3S. The van der Waals surface area contributed by atoms with Crippen molar-refractivity contribution in [2.75, 3.05) is 0 Å². The zero-order chi connectivity index (χ0) is 17.1. The Hall–Kier alpha value is -2.56. The van der Waals surface area contributed by atoms with Crippen LogP contribution in [0, 0.1) is 0 Å². The quantitative estimate of drug-likeness (QED) is 0.545. The lowest BCUT2D eigenvalue weighted by Crippen LogP contribution is -2.26. The van der Waals surface area contributed by atoms with Crippen LogP contribution in [-0.4, -0.2) is 9.97 Å². The molecule has 1 N–H and O–H groups in total. The topological polar surface area (TPSA) is 37.8 Å². The van der Waals surface area contributed by atoms with E-state index in [2.05, 4.69) is 70.1 Å². The van der Waals surface area contributed by atoms with E-state index >= 15 is 0 Å². The zero-order valence-corrected chi connectivity index (χ0v) is 14.8. The molecule has 3 nitrogen and oxygen atoms in total. The minimum atomic E-state index is 0.0384. The summed E-state index contributed by atoms with van der Waals surface area (Å²) in [6, 6.07) is 21.0. The van der Waals surface area contributed by atoms with Crippen molar-refractivity contribution >= 4 is 21.6 Å². The molecule has 4 heteroatoms. The number of rotatable bonds is 5. The van der Waals surface area contributed by atoms with Gasteiger partial charge in [-0.1, -0.05) is 36.4 Å². The molecule has 124 valence electrons. The fourth-order valence-electron chi connectivity index (χ4n) is 2.99.